The third kappa shape index (κ3) is 4.08. The highest BCUT2D eigenvalue weighted by molar-refractivity contribution is 5.90. The van der Waals surface area contributed by atoms with Crippen molar-refractivity contribution >= 4 is 11.6 Å². The van der Waals surface area contributed by atoms with Crippen LogP contribution in [0.3, 0.4) is 0 Å². The number of hydrogen-bond acceptors (Lipinski definition) is 3. The number of pyridine rings is 1. The van der Waals surface area contributed by atoms with Crippen molar-refractivity contribution < 1.29 is 4.79 Å². The zero-order chi connectivity index (χ0) is 11.3. The lowest BCUT2D eigenvalue weighted by Crippen LogP contribution is -2.29. The molecule has 0 aromatic carbocycles. The molecule has 0 aliphatic carbocycles. The molecule has 0 spiro atoms. The lowest BCUT2D eigenvalue weighted by Gasteiger charge is -2.21. The molecule has 0 fully saturated rings. The first kappa shape index (κ1) is 11.7. The van der Waals surface area contributed by atoms with E-state index < -0.39 is 0 Å². The molecule has 1 rings (SSSR count). The van der Waals surface area contributed by atoms with Crippen molar-refractivity contribution in [2.45, 2.75) is 20.3 Å². The van der Waals surface area contributed by atoms with E-state index in [9.17, 15) is 4.79 Å². The first-order valence-corrected chi connectivity index (χ1v) is 4.93. The molecule has 0 aliphatic heterocycles. The van der Waals surface area contributed by atoms with Crippen LogP contribution in [0.25, 0.3) is 0 Å². The molecular weight excluding hydrogens is 190 g/mol. The number of hydrogen-bond donors (Lipinski definition) is 2. The predicted molar refractivity (Wildman–Crippen MR) is 60.3 cm³/mol. The molecule has 1 aromatic rings. The number of rotatable bonds is 4. The molecule has 4 heteroatoms. The van der Waals surface area contributed by atoms with Gasteiger partial charge in [-0.1, -0.05) is 13.8 Å². The predicted octanol–water partition coefficient (Wildman–Crippen LogP) is 1.40. The quantitative estimate of drug-likeness (QED) is 0.784. The highest BCUT2D eigenvalue weighted by atomic mass is 16.1. The van der Waals surface area contributed by atoms with Gasteiger partial charge in [-0.3, -0.25) is 9.78 Å². The standard InChI is InChI=1S/C11H17N3O/c1-11(2,8-12)6-10(15)14-9-4-3-5-13-7-9/h3-5,7H,6,8,12H2,1-2H3,(H,14,15). The van der Waals surface area contributed by atoms with Crippen LogP contribution in [0.5, 0.6) is 0 Å². The molecule has 1 aromatic heterocycles. The molecule has 82 valence electrons. The van der Waals surface area contributed by atoms with Gasteiger partial charge in [0.1, 0.15) is 0 Å². The summed E-state index contributed by atoms with van der Waals surface area (Å²) in [5, 5.41) is 2.78. The van der Waals surface area contributed by atoms with E-state index in [1.807, 2.05) is 13.8 Å². The minimum atomic E-state index is -0.160. The third-order valence-electron chi connectivity index (χ3n) is 2.14. The van der Waals surface area contributed by atoms with Crippen LogP contribution < -0.4 is 11.1 Å². The second-order valence-electron chi connectivity index (χ2n) is 4.33. The van der Waals surface area contributed by atoms with Gasteiger partial charge in [-0.25, -0.2) is 0 Å². The maximum absolute atomic E-state index is 11.6. The molecule has 0 aliphatic rings. The van der Waals surface area contributed by atoms with Crippen LogP contribution in [-0.2, 0) is 4.79 Å². The minimum absolute atomic E-state index is 0.0292. The van der Waals surface area contributed by atoms with E-state index in [0.29, 0.717) is 13.0 Å². The van der Waals surface area contributed by atoms with Crippen molar-refractivity contribution in [1.82, 2.24) is 4.98 Å². The van der Waals surface area contributed by atoms with Crippen LogP contribution in [0, 0.1) is 5.41 Å². The summed E-state index contributed by atoms with van der Waals surface area (Å²) in [5.74, 6) is -0.0292. The fraction of sp³-hybridized carbons (Fsp3) is 0.455. The summed E-state index contributed by atoms with van der Waals surface area (Å²) >= 11 is 0. The van der Waals surface area contributed by atoms with Crippen molar-refractivity contribution in [2.75, 3.05) is 11.9 Å². The van der Waals surface area contributed by atoms with Crippen LogP contribution in [0.4, 0.5) is 5.69 Å². The average molecular weight is 207 g/mol. The molecule has 3 N–H and O–H groups in total. The molecule has 0 bridgehead atoms. The van der Waals surface area contributed by atoms with Crippen LogP contribution in [-0.4, -0.2) is 17.4 Å². The Morgan fingerprint density at radius 1 is 1.60 bits per heavy atom. The van der Waals surface area contributed by atoms with Crippen LogP contribution >= 0.6 is 0 Å². The zero-order valence-electron chi connectivity index (χ0n) is 9.16. The number of aromatic nitrogens is 1. The summed E-state index contributed by atoms with van der Waals surface area (Å²) in [5.41, 5.74) is 6.11. The van der Waals surface area contributed by atoms with Gasteiger partial charge < -0.3 is 11.1 Å². The maximum atomic E-state index is 11.6. The molecular formula is C11H17N3O. The van der Waals surface area contributed by atoms with Gasteiger partial charge in [-0.05, 0) is 24.1 Å². The molecule has 4 nitrogen and oxygen atoms in total. The first-order valence-electron chi connectivity index (χ1n) is 4.93. The Morgan fingerprint density at radius 3 is 2.87 bits per heavy atom. The van der Waals surface area contributed by atoms with Gasteiger partial charge in [0, 0.05) is 12.6 Å². The number of nitrogens with one attached hydrogen (secondary N) is 1. The van der Waals surface area contributed by atoms with Crippen molar-refractivity contribution in [3.05, 3.63) is 24.5 Å². The first-order chi connectivity index (χ1) is 7.03. The summed E-state index contributed by atoms with van der Waals surface area (Å²) in [6, 6.07) is 3.59. The van der Waals surface area contributed by atoms with E-state index in [0.717, 1.165) is 5.69 Å². The van der Waals surface area contributed by atoms with E-state index in [2.05, 4.69) is 10.3 Å². The van der Waals surface area contributed by atoms with Crippen LogP contribution in [0.1, 0.15) is 20.3 Å². The normalized spacial score (nSPS) is 11.1. The van der Waals surface area contributed by atoms with E-state index in [4.69, 9.17) is 5.73 Å². The van der Waals surface area contributed by atoms with Gasteiger partial charge in [-0.2, -0.15) is 0 Å². The summed E-state index contributed by atoms with van der Waals surface area (Å²) in [6.07, 6.45) is 3.70. The van der Waals surface area contributed by atoms with Gasteiger partial charge in [0.25, 0.3) is 0 Å². The second-order valence-corrected chi connectivity index (χ2v) is 4.33. The highest BCUT2D eigenvalue weighted by Gasteiger charge is 2.19. The molecule has 0 saturated heterocycles. The molecule has 0 saturated carbocycles. The monoisotopic (exact) mass is 207 g/mol. The smallest absolute Gasteiger partial charge is 0.225 e. The fourth-order valence-corrected chi connectivity index (χ4v) is 1.15. The summed E-state index contributed by atoms with van der Waals surface area (Å²) in [4.78, 5) is 15.5. The number of carbonyl (C=O) groups is 1. The summed E-state index contributed by atoms with van der Waals surface area (Å²) in [6.45, 7) is 4.43. The summed E-state index contributed by atoms with van der Waals surface area (Å²) in [7, 11) is 0. The third-order valence-corrected chi connectivity index (χ3v) is 2.14. The van der Waals surface area contributed by atoms with E-state index in [1.165, 1.54) is 0 Å². The molecule has 0 radical (unpaired) electrons. The molecule has 1 heterocycles. The van der Waals surface area contributed by atoms with Gasteiger partial charge in [0.05, 0.1) is 11.9 Å². The number of anilines is 1. The average Bonchev–Trinajstić information content (AvgIpc) is 2.18. The number of carbonyl (C=O) groups excluding carboxylic acids is 1. The van der Waals surface area contributed by atoms with Gasteiger partial charge in [-0.15, -0.1) is 0 Å². The van der Waals surface area contributed by atoms with Gasteiger partial charge in [0.2, 0.25) is 5.91 Å². The highest BCUT2D eigenvalue weighted by Crippen LogP contribution is 2.18. The minimum Gasteiger partial charge on any atom is -0.330 e. The molecule has 0 unspecified atom stereocenters. The van der Waals surface area contributed by atoms with E-state index >= 15 is 0 Å². The van der Waals surface area contributed by atoms with Crippen molar-refractivity contribution in [3.8, 4) is 0 Å². The Balaban J connectivity index is 2.51. The summed E-state index contributed by atoms with van der Waals surface area (Å²) < 4.78 is 0. The zero-order valence-corrected chi connectivity index (χ0v) is 9.16. The Kier molecular flexibility index (Phi) is 3.80. The Bertz CT molecular complexity index is 322. The molecule has 15 heavy (non-hydrogen) atoms. The SMILES string of the molecule is CC(C)(CN)CC(=O)Nc1cccnc1. The largest absolute Gasteiger partial charge is 0.330 e. The Labute approximate surface area is 89.9 Å². The van der Waals surface area contributed by atoms with Crippen LogP contribution in [0.15, 0.2) is 24.5 Å². The maximum Gasteiger partial charge on any atom is 0.225 e. The van der Waals surface area contributed by atoms with Crippen LogP contribution in [0.2, 0.25) is 0 Å². The number of nitrogens with two attached hydrogens (primary N) is 1. The lowest BCUT2D eigenvalue weighted by atomic mass is 9.89. The van der Waals surface area contributed by atoms with Gasteiger partial charge >= 0.3 is 0 Å². The Morgan fingerprint density at radius 2 is 2.33 bits per heavy atom. The number of amides is 1. The van der Waals surface area contributed by atoms with Crippen molar-refractivity contribution in [1.29, 1.82) is 0 Å². The van der Waals surface area contributed by atoms with Crippen molar-refractivity contribution in [2.24, 2.45) is 11.1 Å². The molecule has 0 atom stereocenters. The topological polar surface area (TPSA) is 68.0 Å². The van der Waals surface area contributed by atoms with E-state index in [1.54, 1.807) is 24.5 Å². The lowest BCUT2D eigenvalue weighted by molar-refractivity contribution is -0.117. The van der Waals surface area contributed by atoms with Crippen molar-refractivity contribution in [3.63, 3.8) is 0 Å². The second kappa shape index (κ2) is 4.89. The van der Waals surface area contributed by atoms with Gasteiger partial charge in [0.15, 0.2) is 0 Å². The molecule has 1 amide bonds. The number of nitrogens with zero attached hydrogens (tertiary/aromatic N) is 1. The Hall–Kier alpha value is -1.42. The fourth-order valence-electron chi connectivity index (χ4n) is 1.15. The van der Waals surface area contributed by atoms with E-state index in [-0.39, 0.29) is 11.3 Å².